The van der Waals surface area contributed by atoms with E-state index >= 15 is 0 Å². The molecule has 18 heavy (non-hydrogen) atoms. The van der Waals surface area contributed by atoms with Crippen LogP contribution >= 0.6 is 23.2 Å². The van der Waals surface area contributed by atoms with Gasteiger partial charge in [-0.1, -0.05) is 23.2 Å². The number of ether oxygens (including phenoxy) is 1. The lowest BCUT2D eigenvalue weighted by Gasteiger charge is -2.10. The van der Waals surface area contributed by atoms with Gasteiger partial charge < -0.3 is 14.6 Å². The molecule has 2 aromatic rings. The van der Waals surface area contributed by atoms with Gasteiger partial charge in [0.2, 0.25) is 0 Å². The highest BCUT2D eigenvalue weighted by Crippen LogP contribution is 2.27. The van der Waals surface area contributed by atoms with Crippen LogP contribution in [0.25, 0.3) is 0 Å². The fraction of sp³-hybridized carbons (Fsp3) is 0.250. The number of benzene rings is 1. The quantitative estimate of drug-likeness (QED) is 0.936. The number of methoxy groups -OCH3 is 1. The third-order valence-corrected chi connectivity index (χ3v) is 3.32. The van der Waals surface area contributed by atoms with Crippen LogP contribution in [0.4, 0.5) is 5.69 Å². The normalized spacial score (nSPS) is 10.4. The Labute approximate surface area is 115 Å². The SMILES string of the molecule is COc1ccc(Cl)c(NCc2ncc(Cl)n2C)c1. The average Bonchev–Trinajstić information content (AvgIpc) is 2.69. The van der Waals surface area contributed by atoms with E-state index in [2.05, 4.69) is 10.3 Å². The van der Waals surface area contributed by atoms with Crippen molar-refractivity contribution >= 4 is 28.9 Å². The summed E-state index contributed by atoms with van der Waals surface area (Å²) in [4.78, 5) is 4.20. The summed E-state index contributed by atoms with van der Waals surface area (Å²) in [5.74, 6) is 1.58. The zero-order valence-corrected chi connectivity index (χ0v) is 11.6. The molecular formula is C12H13Cl2N3O. The van der Waals surface area contributed by atoms with Crippen LogP contribution in [0.2, 0.25) is 10.2 Å². The second kappa shape index (κ2) is 5.50. The molecule has 0 fully saturated rings. The van der Waals surface area contributed by atoms with Gasteiger partial charge in [-0.05, 0) is 12.1 Å². The van der Waals surface area contributed by atoms with Crippen LogP contribution in [0.3, 0.4) is 0 Å². The van der Waals surface area contributed by atoms with Gasteiger partial charge in [0.25, 0.3) is 0 Å². The predicted octanol–water partition coefficient (Wildman–Crippen LogP) is 3.35. The summed E-state index contributed by atoms with van der Waals surface area (Å²) in [5.41, 5.74) is 0.801. The van der Waals surface area contributed by atoms with E-state index in [1.165, 1.54) is 0 Å². The number of halogens is 2. The van der Waals surface area contributed by atoms with Crippen molar-refractivity contribution in [1.29, 1.82) is 0 Å². The summed E-state index contributed by atoms with van der Waals surface area (Å²) < 4.78 is 6.96. The zero-order valence-electron chi connectivity index (χ0n) is 10.1. The first-order chi connectivity index (χ1) is 8.61. The second-order valence-corrected chi connectivity index (χ2v) is 4.55. The van der Waals surface area contributed by atoms with E-state index in [0.29, 0.717) is 16.7 Å². The average molecular weight is 286 g/mol. The number of imidazole rings is 1. The van der Waals surface area contributed by atoms with Crippen molar-refractivity contribution in [3.63, 3.8) is 0 Å². The predicted molar refractivity (Wildman–Crippen MR) is 73.5 cm³/mol. The van der Waals surface area contributed by atoms with E-state index in [1.54, 1.807) is 19.4 Å². The molecule has 0 atom stereocenters. The van der Waals surface area contributed by atoms with Crippen LogP contribution in [0, 0.1) is 0 Å². The van der Waals surface area contributed by atoms with Gasteiger partial charge in [0.15, 0.2) is 0 Å². The van der Waals surface area contributed by atoms with Gasteiger partial charge in [0.05, 0.1) is 30.6 Å². The number of hydrogen-bond donors (Lipinski definition) is 1. The number of hydrogen-bond acceptors (Lipinski definition) is 3. The van der Waals surface area contributed by atoms with Gasteiger partial charge in [-0.15, -0.1) is 0 Å². The minimum Gasteiger partial charge on any atom is -0.497 e. The molecule has 4 nitrogen and oxygen atoms in total. The first kappa shape index (κ1) is 13.1. The van der Waals surface area contributed by atoms with E-state index in [1.807, 2.05) is 23.7 Å². The molecule has 1 heterocycles. The highest BCUT2D eigenvalue weighted by molar-refractivity contribution is 6.33. The summed E-state index contributed by atoms with van der Waals surface area (Å²) in [5, 5.41) is 4.44. The van der Waals surface area contributed by atoms with Gasteiger partial charge in [-0.25, -0.2) is 4.98 Å². The van der Waals surface area contributed by atoms with Gasteiger partial charge in [-0.3, -0.25) is 0 Å². The number of nitrogens with zero attached hydrogens (tertiary/aromatic N) is 2. The van der Waals surface area contributed by atoms with Crippen LogP contribution in [-0.4, -0.2) is 16.7 Å². The first-order valence-corrected chi connectivity index (χ1v) is 6.11. The molecule has 0 saturated heterocycles. The maximum Gasteiger partial charge on any atom is 0.128 e. The van der Waals surface area contributed by atoms with E-state index in [-0.39, 0.29) is 0 Å². The minimum atomic E-state index is 0.538. The Hall–Kier alpha value is -1.39. The van der Waals surface area contributed by atoms with Crippen molar-refractivity contribution in [2.24, 2.45) is 7.05 Å². The fourth-order valence-corrected chi connectivity index (χ4v) is 1.86. The molecule has 0 aliphatic heterocycles. The van der Waals surface area contributed by atoms with Crippen LogP contribution in [0.15, 0.2) is 24.4 Å². The molecule has 6 heteroatoms. The van der Waals surface area contributed by atoms with Crippen molar-refractivity contribution in [3.8, 4) is 5.75 Å². The summed E-state index contributed by atoms with van der Waals surface area (Å²) >= 11 is 12.0. The van der Waals surface area contributed by atoms with E-state index in [9.17, 15) is 0 Å². The molecule has 0 saturated carbocycles. The van der Waals surface area contributed by atoms with E-state index in [4.69, 9.17) is 27.9 Å². The van der Waals surface area contributed by atoms with E-state index in [0.717, 1.165) is 17.3 Å². The Morgan fingerprint density at radius 2 is 2.17 bits per heavy atom. The molecule has 1 aromatic carbocycles. The lowest BCUT2D eigenvalue weighted by molar-refractivity contribution is 0.415. The lowest BCUT2D eigenvalue weighted by atomic mass is 10.3. The summed E-state index contributed by atoms with van der Waals surface area (Å²) in [6.45, 7) is 0.538. The molecule has 0 unspecified atom stereocenters. The number of anilines is 1. The van der Waals surface area contributed by atoms with Gasteiger partial charge in [0.1, 0.15) is 16.7 Å². The third kappa shape index (κ3) is 2.71. The monoisotopic (exact) mass is 285 g/mol. The maximum absolute atomic E-state index is 6.09. The molecule has 0 spiro atoms. The van der Waals surface area contributed by atoms with Crippen molar-refractivity contribution in [1.82, 2.24) is 9.55 Å². The molecular weight excluding hydrogens is 273 g/mol. The Kier molecular flexibility index (Phi) is 3.99. The summed E-state index contributed by atoms with van der Waals surface area (Å²) in [6, 6.07) is 5.44. The molecule has 0 bridgehead atoms. The molecule has 0 radical (unpaired) electrons. The van der Waals surface area contributed by atoms with Crippen LogP contribution < -0.4 is 10.1 Å². The maximum atomic E-state index is 6.09. The Balaban J connectivity index is 2.12. The third-order valence-electron chi connectivity index (χ3n) is 2.64. The number of aromatic nitrogens is 2. The number of rotatable bonds is 4. The van der Waals surface area contributed by atoms with Crippen molar-refractivity contribution in [2.45, 2.75) is 6.54 Å². The standard InChI is InChI=1S/C12H13Cl2N3O/c1-17-11(14)6-16-12(17)7-15-10-5-8(18-2)3-4-9(10)13/h3-6,15H,7H2,1-2H3. The molecule has 96 valence electrons. The van der Waals surface area contributed by atoms with Crippen molar-refractivity contribution in [3.05, 3.63) is 40.4 Å². The molecule has 0 aliphatic carbocycles. The number of nitrogens with one attached hydrogen (secondary N) is 1. The van der Waals surface area contributed by atoms with Crippen LogP contribution in [0.1, 0.15) is 5.82 Å². The smallest absolute Gasteiger partial charge is 0.128 e. The lowest BCUT2D eigenvalue weighted by Crippen LogP contribution is -2.06. The molecule has 0 amide bonds. The largest absolute Gasteiger partial charge is 0.497 e. The van der Waals surface area contributed by atoms with Gasteiger partial charge >= 0.3 is 0 Å². The van der Waals surface area contributed by atoms with Gasteiger partial charge in [0, 0.05) is 13.1 Å². The minimum absolute atomic E-state index is 0.538. The van der Waals surface area contributed by atoms with Crippen LogP contribution in [0.5, 0.6) is 5.75 Å². The van der Waals surface area contributed by atoms with Crippen molar-refractivity contribution < 1.29 is 4.74 Å². The topological polar surface area (TPSA) is 39.1 Å². The Morgan fingerprint density at radius 3 is 2.78 bits per heavy atom. The second-order valence-electron chi connectivity index (χ2n) is 3.76. The highest BCUT2D eigenvalue weighted by Gasteiger charge is 2.06. The van der Waals surface area contributed by atoms with Crippen LogP contribution in [-0.2, 0) is 13.6 Å². The highest BCUT2D eigenvalue weighted by atomic mass is 35.5. The Morgan fingerprint density at radius 1 is 1.39 bits per heavy atom. The summed E-state index contributed by atoms with van der Waals surface area (Å²) in [7, 11) is 3.48. The molecule has 1 N–H and O–H groups in total. The zero-order chi connectivity index (χ0) is 13.1. The molecule has 2 rings (SSSR count). The molecule has 1 aromatic heterocycles. The summed E-state index contributed by atoms with van der Waals surface area (Å²) in [6.07, 6.45) is 1.62. The fourth-order valence-electron chi connectivity index (χ4n) is 1.53. The molecule has 0 aliphatic rings. The van der Waals surface area contributed by atoms with Gasteiger partial charge in [-0.2, -0.15) is 0 Å². The Bertz CT molecular complexity index is 554. The van der Waals surface area contributed by atoms with E-state index < -0.39 is 0 Å². The first-order valence-electron chi connectivity index (χ1n) is 5.35. The van der Waals surface area contributed by atoms with Crippen molar-refractivity contribution in [2.75, 3.05) is 12.4 Å².